The van der Waals surface area contributed by atoms with Crippen LogP contribution in [0.25, 0.3) is 0 Å². The second kappa shape index (κ2) is 7.66. The Morgan fingerprint density at radius 3 is 2.89 bits per heavy atom. The standard InChI is InChI=1S/C16H14FN3O6S/c17-8-2-1-3-9(4-8)26-7-10-14(16(23)24)20-12(22)5-13(20)27-15(10)19-11(21)6-18-25/h1-4,6,13,15,25H,5,7H2,(H,19,21)(H,23,24)/b18-6+/t13-,15?/m1/s1. The van der Waals surface area contributed by atoms with Gasteiger partial charge < -0.3 is 20.4 Å². The minimum atomic E-state index is -1.35. The third kappa shape index (κ3) is 3.87. The Morgan fingerprint density at radius 1 is 1.48 bits per heavy atom. The van der Waals surface area contributed by atoms with Crippen molar-refractivity contribution >= 4 is 35.8 Å². The van der Waals surface area contributed by atoms with Crippen LogP contribution in [0, 0.1) is 5.82 Å². The Labute approximate surface area is 156 Å². The van der Waals surface area contributed by atoms with E-state index in [0.717, 1.165) is 22.7 Å². The molecule has 0 radical (unpaired) electrons. The highest BCUT2D eigenvalue weighted by atomic mass is 32.2. The number of β-lactam (4-membered cyclic amide) rings is 1. The van der Waals surface area contributed by atoms with E-state index in [2.05, 4.69) is 10.5 Å². The first-order valence-electron chi connectivity index (χ1n) is 7.71. The van der Waals surface area contributed by atoms with Gasteiger partial charge in [0.15, 0.2) is 0 Å². The number of carboxylic acids is 1. The summed E-state index contributed by atoms with van der Waals surface area (Å²) in [5, 5.41) is 21.9. The summed E-state index contributed by atoms with van der Waals surface area (Å²) in [7, 11) is 0. The minimum Gasteiger partial charge on any atom is -0.489 e. The molecule has 2 amide bonds. The molecule has 3 N–H and O–H groups in total. The second-order valence-electron chi connectivity index (χ2n) is 5.62. The summed E-state index contributed by atoms with van der Waals surface area (Å²) < 4.78 is 18.8. The van der Waals surface area contributed by atoms with Gasteiger partial charge in [-0.05, 0) is 12.1 Å². The molecule has 11 heteroatoms. The summed E-state index contributed by atoms with van der Waals surface area (Å²) >= 11 is 1.16. The third-order valence-electron chi connectivity index (χ3n) is 3.90. The molecule has 2 heterocycles. The number of rotatable bonds is 6. The number of ether oxygens (including phenoxy) is 1. The first kappa shape index (κ1) is 18.7. The fourth-order valence-electron chi connectivity index (χ4n) is 2.73. The predicted octanol–water partition coefficient (Wildman–Crippen LogP) is 0.751. The Kier molecular flexibility index (Phi) is 5.31. The number of oxime groups is 1. The van der Waals surface area contributed by atoms with Gasteiger partial charge in [-0.15, -0.1) is 11.8 Å². The number of hydrogen-bond donors (Lipinski definition) is 3. The maximum Gasteiger partial charge on any atom is 0.352 e. The van der Waals surface area contributed by atoms with Gasteiger partial charge in [0.05, 0.1) is 11.8 Å². The van der Waals surface area contributed by atoms with Crippen molar-refractivity contribution in [3.63, 3.8) is 0 Å². The molecular weight excluding hydrogens is 381 g/mol. The van der Waals surface area contributed by atoms with Crippen LogP contribution in [0.15, 0.2) is 40.7 Å². The van der Waals surface area contributed by atoms with Gasteiger partial charge in [0.1, 0.15) is 35.5 Å². The third-order valence-corrected chi connectivity index (χ3v) is 5.27. The average Bonchev–Trinajstić information content (AvgIpc) is 2.59. The van der Waals surface area contributed by atoms with Gasteiger partial charge in [-0.3, -0.25) is 14.5 Å². The van der Waals surface area contributed by atoms with Gasteiger partial charge in [-0.1, -0.05) is 11.2 Å². The van der Waals surface area contributed by atoms with Gasteiger partial charge >= 0.3 is 5.97 Å². The van der Waals surface area contributed by atoms with Crippen molar-refractivity contribution in [2.24, 2.45) is 5.16 Å². The monoisotopic (exact) mass is 395 g/mol. The number of carbonyl (C=O) groups is 3. The molecule has 0 spiro atoms. The number of amides is 2. The van der Waals surface area contributed by atoms with E-state index in [9.17, 15) is 23.9 Å². The molecule has 27 heavy (non-hydrogen) atoms. The smallest absolute Gasteiger partial charge is 0.352 e. The number of nitrogens with zero attached hydrogens (tertiary/aromatic N) is 2. The number of aliphatic carboxylic acids is 1. The zero-order valence-corrected chi connectivity index (χ0v) is 14.5. The Morgan fingerprint density at radius 2 is 2.26 bits per heavy atom. The molecule has 3 rings (SSSR count). The minimum absolute atomic E-state index is 0.126. The lowest BCUT2D eigenvalue weighted by Gasteiger charge is -2.46. The van der Waals surface area contributed by atoms with Crippen LogP contribution in [0.2, 0.25) is 0 Å². The molecular formula is C16H14FN3O6S. The molecule has 1 unspecified atom stereocenters. The maximum atomic E-state index is 13.3. The van der Waals surface area contributed by atoms with E-state index in [-0.39, 0.29) is 36.0 Å². The number of halogens is 1. The summed E-state index contributed by atoms with van der Waals surface area (Å²) in [5.41, 5.74) is -0.154. The summed E-state index contributed by atoms with van der Waals surface area (Å²) in [6.07, 6.45) is 0.768. The number of carboxylic acid groups (broad SMARTS) is 1. The fourth-order valence-corrected chi connectivity index (χ4v) is 4.15. The normalized spacial score (nSPS) is 21.7. The molecule has 1 aromatic carbocycles. The molecule has 2 atom stereocenters. The van der Waals surface area contributed by atoms with Crippen molar-refractivity contribution in [2.45, 2.75) is 17.2 Å². The predicted molar refractivity (Wildman–Crippen MR) is 91.6 cm³/mol. The fraction of sp³-hybridized carbons (Fsp3) is 0.250. The van der Waals surface area contributed by atoms with Crippen molar-refractivity contribution in [1.29, 1.82) is 0 Å². The van der Waals surface area contributed by atoms with Gasteiger partial charge in [-0.25, -0.2) is 9.18 Å². The maximum absolute atomic E-state index is 13.3. The molecule has 142 valence electrons. The van der Waals surface area contributed by atoms with E-state index < -0.39 is 28.4 Å². The van der Waals surface area contributed by atoms with E-state index in [4.69, 9.17) is 9.94 Å². The molecule has 2 aliphatic rings. The summed E-state index contributed by atoms with van der Waals surface area (Å²) in [6.45, 7) is -0.296. The van der Waals surface area contributed by atoms with E-state index in [1.165, 1.54) is 18.2 Å². The summed E-state index contributed by atoms with van der Waals surface area (Å²) in [5.74, 6) is -2.81. The first-order valence-corrected chi connectivity index (χ1v) is 8.65. The SMILES string of the molecule is O=C(/C=N/O)NC1S[C@@H]2CC(=O)N2C(C(=O)O)=C1COc1cccc(F)c1. The number of carbonyl (C=O) groups excluding carboxylic acids is 2. The topological polar surface area (TPSA) is 129 Å². The Balaban J connectivity index is 1.91. The Bertz CT molecular complexity index is 858. The molecule has 0 aromatic heterocycles. The van der Waals surface area contributed by atoms with Crippen molar-refractivity contribution in [2.75, 3.05) is 6.61 Å². The van der Waals surface area contributed by atoms with Crippen LogP contribution in [-0.2, 0) is 14.4 Å². The Hall–Kier alpha value is -3.08. The van der Waals surface area contributed by atoms with Crippen LogP contribution < -0.4 is 10.1 Å². The highest BCUT2D eigenvalue weighted by Gasteiger charge is 2.49. The highest BCUT2D eigenvalue weighted by molar-refractivity contribution is 8.00. The van der Waals surface area contributed by atoms with Crippen LogP contribution >= 0.6 is 11.8 Å². The molecule has 9 nitrogen and oxygen atoms in total. The highest BCUT2D eigenvalue weighted by Crippen LogP contribution is 2.43. The van der Waals surface area contributed by atoms with E-state index >= 15 is 0 Å². The zero-order chi connectivity index (χ0) is 19.6. The molecule has 0 aliphatic carbocycles. The lowest BCUT2D eigenvalue weighted by Crippen LogP contribution is -2.57. The number of hydrogen-bond acceptors (Lipinski definition) is 7. The quantitative estimate of drug-likeness (QED) is 0.281. The van der Waals surface area contributed by atoms with Crippen molar-refractivity contribution < 1.29 is 33.8 Å². The van der Waals surface area contributed by atoms with Crippen molar-refractivity contribution in [3.8, 4) is 5.75 Å². The molecule has 1 fully saturated rings. The van der Waals surface area contributed by atoms with Crippen molar-refractivity contribution in [3.05, 3.63) is 41.4 Å². The molecule has 0 bridgehead atoms. The second-order valence-corrected chi connectivity index (χ2v) is 6.90. The average molecular weight is 395 g/mol. The van der Waals surface area contributed by atoms with Crippen LogP contribution in [-0.4, -0.2) is 56.6 Å². The van der Waals surface area contributed by atoms with Gasteiger partial charge in [-0.2, -0.15) is 0 Å². The molecule has 1 aromatic rings. The first-order chi connectivity index (χ1) is 12.9. The van der Waals surface area contributed by atoms with Gasteiger partial charge in [0, 0.05) is 11.6 Å². The number of fused-ring (bicyclic) bond motifs is 1. The lowest BCUT2D eigenvalue weighted by atomic mass is 10.1. The number of thioether (sulfide) groups is 1. The van der Waals surface area contributed by atoms with Gasteiger partial charge in [0.25, 0.3) is 5.91 Å². The van der Waals surface area contributed by atoms with E-state index in [1.807, 2.05) is 0 Å². The van der Waals surface area contributed by atoms with Crippen LogP contribution in [0.4, 0.5) is 4.39 Å². The molecule has 2 aliphatic heterocycles. The number of benzene rings is 1. The van der Waals surface area contributed by atoms with E-state index in [0.29, 0.717) is 6.21 Å². The van der Waals surface area contributed by atoms with Crippen LogP contribution in [0.3, 0.4) is 0 Å². The number of nitrogens with one attached hydrogen (secondary N) is 1. The zero-order valence-electron chi connectivity index (χ0n) is 13.7. The summed E-state index contributed by atoms with van der Waals surface area (Å²) in [4.78, 5) is 36.5. The summed E-state index contributed by atoms with van der Waals surface area (Å²) in [6, 6.07) is 5.27. The molecule has 0 saturated carbocycles. The lowest BCUT2D eigenvalue weighted by molar-refractivity contribution is -0.146. The molecule has 1 saturated heterocycles. The van der Waals surface area contributed by atoms with Crippen LogP contribution in [0.1, 0.15) is 6.42 Å². The van der Waals surface area contributed by atoms with E-state index in [1.54, 1.807) is 0 Å². The van der Waals surface area contributed by atoms with Crippen LogP contribution in [0.5, 0.6) is 5.75 Å². The van der Waals surface area contributed by atoms with Gasteiger partial charge in [0.2, 0.25) is 5.91 Å². The largest absolute Gasteiger partial charge is 0.489 e. The van der Waals surface area contributed by atoms with Crippen molar-refractivity contribution in [1.82, 2.24) is 10.2 Å².